The molecule has 0 saturated carbocycles. The Balaban J connectivity index is 1.55. The van der Waals surface area contributed by atoms with Crippen molar-refractivity contribution in [3.63, 3.8) is 0 Å². The maximum Gasteiger partial charge on any atom is 0.261 e. The fourth-order valence-corrected chi connectivity index (χ4v) is 5.38. The summed E-state index contributed by atoms with van der Waals surface area (Å²) in [7, 11) is 1.49. The van der Waals surface area contributed by atoms with Gasteiger partial charge in [0.1, 0.15) is 11.3 Å². The molecule has 1 amide bonds. The van der Waals surface area contributed by atoms with Gasteiger partial charge in [0.15, 0.2) is 10.7 Å². The predicted molar refractivity (Wildman–Crippen MR) is 155 cm³/mol. The number of carbonyl (C=O) groups excluding carboxylic acids is 1. The van der Waals surface area contributed by atoms with Gasteiger partial charge < -0.3 is 14.5 Å². The number of nitrogens with one attached hydrogen (secondary N) is 2. The number of amides is 1. The molecule has 0 aliphatic heterocycles. The Morgan fingerprint density at radius 3 is 2.69 bits per heavy atom. The number of rotatable bonds is 6. The number of ether oxygens (including phenoxy) is 1. The highest BCUT2D eigenvalue weighted by Crippen LogP contribution is 2.34. The monoisotopic (exact) mass is 649 g/mol. The van der Waals surface area contributed by atoms with Crippen LogP contribution in [0.4, 0.5) is 5.69 Å². The number of anilines is 1. The maximum absolute atomic E-state index is 12.9. The van der Waals surface area contributed by atoms with Crippen LogP contribution in [-0.4, -0.2) is 23.1 Å². The van der Waals surface area contributed by atoms with Crippen LogP contribution in [0.5, 0.6) is 5.75 Å². The summed E-state index contributed by atoms with van der Waals surface area (Å²) in [4.78, 5) is 17.6. The van der Waals surface area contributed by atoms with E-state index < -0.39 is 5.91 Å². The van der Waals surface area contributed by atoms with Gasteiger partial charge in [-0.15, -0.1) is 0 Å². The Hall–Kier alpha value is -2.46. The van der Waals surface area contributed by atoms with E-state index in [9.17, 15) is 4.79 Å². The van der Waals surface area contributed by atoms with Crippen LogP contribution < -0.4 is 15.4 Å². The van der Waals surface area contributed by atoms with Crippen LogP contribution in [0.25, 0.3) is 22.6 Å². The number of methoxy groups -OCH3 is 1. The van der Waals surface area contributed by atoms with E-state index in [0.29, 0.717) is 48.4 Å². The molecule has 4 rings (SSSR count). The number of carbonyl (C=O) groups is 1. The highest BCUT2D eigenvalue weighted by molar-refractivity contribution is 9.11. The largest absolute Gasteiger partial charge is 0.495 e. The minimum Gasteiger partial charge on any atom is -0.495 e. The first-order valence-electron chi connectivity index (χ1n) is 11.1. The van der Waals surface area contributed by atoms with Crippen LogP contribution in [0.1, 0.15) is 42.1 Å². The molecule has 3 aromatic carbocycles. The molecule has 0 saturated heterocycles. The fraction of sp³-hybridized carbons (Fsp3) is 0.192. The Morgan fingerprint density at radius 2 is 1.97 bits per heavy atom. The van der Waals surface area contributed by atoms with Crippen molar-refractivity contribution in [2.24, 2.45) is 0 Å². The molecule has 6 nitrogen and oxygen atoms in total. The summed E-state index contributed by atoms with van der Waals surface area (Å²) in [6, 6.07) is 14.8. The lowest BCUT2D eigenvalue weighted by Gasteiger charge is -2.14. The lowest BCUT2D eigenvalue weighted by atomic mass is 9.98. The first kappa shape index (κ1) is 26.6. The van der Waals surface area contributed by atoms with Gasteiger partial charge in [-0.3, -0.25) is 10.1 Å². The summed E-state index contributed by atoms with van der Waals surface area (Å²) in [6.07, 6.45) is 1.05. The van der Waals surface area contributed by atoms with Crippen molar-refractivity contribution in [1.29, 1.82) is 0 Å². The predicted octanol–water partition coefficient (Wildman–Crippen LogP) is 8.32. The summed E-state index contributed by atoms with van der Waals surface area (Å²) in [5.74, 6) is 0.862. The molecule has 1 unspecified atom stereocenters. The molecule has 2 N–H and O–H groups in total. The normalized spacial score (nSPS) is 11.8. The molecule has 0 radical (unpaired) electrons. The van der Waals surface area contributed by atoms with E-state index in [1.165, 1.54) is 12.7 Å². The zero-order valence-electron chi connectivity index (χ0n) is 19.6. The Morgan fingerprint density at radius 1 is 1.19 bits per heavy atom. The molecule has 4 aromatic rings. The molecule has 10 heteroatoms. The van der Waals surface area contributed by atoms with E-state index in [1.807, 2.05) is 12.1 Å². The van der Waals surface area contributed by atoms with Gasteiger partial charge in [0, 0.05) is 10.0 Å². The van der Waals surface area contributed by atoms with Gasteiger partial charge in [-0.05, 0) is 88.5 Å². The standard InChI is InChI=1S/C26H22Br2ClN3O3S/c1-4-13(2)14-6-8-22-21(9-14)30-25(35-22)15-5-7-19(29)20(10-15)31-26(36)32-24(33)17-11-16(27)12-18(28)23(17)34-3/h5-13H,4H2,1-3H3,(H2,31,32,33,36). The summed E-state index contributed by atoms with van der Waals surface area (Å²) >= 11 is 18.6. The van der Waals surface area contributed by atoms with E-state index in [4.69, 9.17) is 33.0 Å². The van der Waals surface area contributed by atoms with E-state index in [2.05, 4.69) is 73.5 Å². The van der Waals surface area contributed by atoms with Crippen LogP contribution >= 0.6 is 55.7 Å². The Kier molecular flexibility index (Phi) is 8.34. The summed E-state index contributed by atoms with van der Waals surface area (Å²) < 4.78 is 12.7. The lowest BCUT2D eigenvalue weighted by Crippen LogP contribution is -2.34. The number of thiocarbonyl (C=S) groups is 1. The topological polar surface area (TPSA) is 76.4 Å². The van der Waals surface area contributed by atoms with Crippen LogP contribution in [0.15, 0.2) is 61.9 Å². The van der Waals surface area contributed by atoms with Crippen molar-refractivity contribution in [3.05, 3.63) is 73.6 Å². The number of hydrogen-bond acceptors (Lipinski definition) is 5. The second-order valence-electron chi connectivity index (χ2n) is 8.13. The third-order valence-electron chi connectivity index (χ3n) is 5.74. The number of hydrogen-bond donors (Lipinski definition) is 2. The number of fused-ring (bicyclic) bond motifs is 1. The van der Waals surface area contributed by atoms with Crippen molar-refractivity contribution < 1.29 is 13.9 Å². The molecule has 36 heavy (non-hydrogen) atoms. The van der Waals surface area contributed by atoms with Crippen LogP contribution in [0, 0.1) is 0 Å². The molecular weight excluding hydrogens is 630 g/mol. The summed E-state index contributed by atoms with van der Waals surface area (Å²) in [5.41, 5.74) is 4.26. The van der Waals surface area contributed by atoms with E-state index in [1.54, 1.807) is 24.3 Å². The van der Waals surface area contributed by atoms with Crippen LogP contribution in [0.2, 0.25) is 5.02 Å². The van der Waals surface area contributed by atoms with Gasteiger partial charge in [-0.1, -0.05) is 47.4 Å². The molecular formula is C26H22Br2ClN3O3S. The van der Waals surface area contributed by atoms with Crippen LogP contribution in [-0.2, 0) is 0 Å². The average molecular weight is 652 g/mol. The molecule has 0 spiro atoms. The number of nitrogens with zero attached hydrogens (tertiary/aromatic N) is 1. The number of oxazole rings is 1. The number of halogens is 3. The van der Waals surface area contributed by atoms with Gasteiger partial charge in [-0.25, -0.2) is 4.98 Å². The summed E-state index contributed by atoms with van der Waals surface area (Å²) in [5, 5.41) is 6.15. The van der Waals surface area contributed by atoms with Crippen molar-refractivity contribution in [2.75, 3.05) is 12.4 Å². The first-order chi connectivity index (χ1) is 17.2. The zero-order valence-corrected chi connectivity index (χ0v) is 24.4. The molecule has 0 bridgehead atoms. The molecule has 1 heterocycles. The molecule has 0 aliphatic rings. The smallest absolute Gasteiger partial charge is 0.261 e. The Bertz CT molecular complexity index is 1470. The molecule has 186 valence electrons. The van der Waals surface area contributed by atoms with Crippen LogP contribution in [0.3, 0.4) is 0 Å². The van der Waals surface area contributed by atoms with Gasteiger partial charge in [-0.2, -0.15) is 0 Å². The maximum atomic E-state index is 12.9. The fourth-order valence-electron chi connectivity index (χ4n) is 3.62. The minimum absolute atomic E-state index is 0.0768. The number of benzene rings is 3. The Labute approximate surface area is 236 Å². The first-order valence-corrected chi connectivity index (χ1v) is 13.4. The van der Waals surface area contributed by atoms with Gasteiger partial charge in [0.05, 0.1) is 27.9 Å². The zero-order chi connectivity index (χ0) is 26.0. The highest BCUT2D eigenvalue weighted by Gasteiger charge is 2.18. The quantitative estimate of drug-likeness (QED) is 0.204. The van der Waals surface area contributed by atoms with Gasteiger partial charge >= 0.3 is 0 Å². The minimum atomic E-state index is -0.435. The van der Waals surface area contributed by atoms with E-state index in [-0.39, 0.29) is 5.11 Å². The van der Waals surface area contributed by atoms with Crippen molar-refractivity contribution >= 4 is 83.5 Å². The van der Waals surface area contributed by atoms with Gasteiger partial charge in [0.25, 0.3) is 5.91 Å². The van der Waals surface area contributed by atoms with E-state index in [0.717, 1.165) is 17.5 Å². The van der Waals surface area contributed by atoms with Crippen molar-refractivity contribution in [2.45, 2.75) is 26.2 Å². The third kappa shape index (κ3) is 5.75. The van der Waals surface area contributed by atoms with Crippen molar-refractivity contribution in [3.8, 4) is 17.2 Å². The molecule has 1 aromatic heterocycles. The SMILES string of the molecule is CCC(C)c1ccc2oc(-c3ccc(Cl)c(NC(=S)NC(=O)c4cc(Br)cc(Br)c4OC)c3)nc2c1. The average Bonchev–Trinajstić information content (AvgIpc) is 3.27. The molecule has 0 aliphatic carbocycles. The summed E-state index contributed by atoms with van der Waals surface area (Å²) in [6.45, 7) is 4.35. The van der Waals surface area contributed by atoms with Crippen molar-refractivity contribution in [1.82, 2.24) is 10.3 Å². The molecule has 1 atom stereocenters. The lowest BCUT2D eigenvalue weighted by molar-refractivity contribution is 0.0974. The number of aromatic nitrogens is 1. The molecule has 0 fully saturated rings. The second-order valence-corrected chi connectivity index (χ2v) is 10.7. The third-order valence-corrected chi connectivity index (χ3v) is 7.32. The second kappa shape index (κ2) is 11.3. The highest BCUT2D eigenvalue weighted by atomic mass is 79.9. The van der Waals surface area contributed by atoms with E-state index >= 15 is 0 Å². The van der Waals surface area contributed by atoms with Gasteiger partial charge in [0.2, 0.25) is 5.89 Å².